The van der Waals surface area contributed by atoms with E-state index >= 15 is 0 Å². The van der Waals surface area contributed by atoms with Crippen LogP contribution in [0.15, 0.2) is 54.6 Å². The molecule has 0 bridgehead atoms. The molecule has 214 valence electrons. The van der Waals surface area contributed by atoms with Gasteiger partial charge in [0.25, 0.3) is 0 Å². The van der Waals surface area contributed by atoms with Crippen LogP contribution in [-0.4, -0.2) is 45.1 Å². The first-order valence-corrected chi connectivity index (χ1v) is 13.6. The molecule has 0 aliphatic heterocycles. The van der Waals surface area contributed by atoms with Gasteiger partial charge < -0.3 is 25.4 Å². The van der Waals surface area contributed by atoms with Crippen LogP contribution in [-0.2, 0) is 20.9 Å². The summed E-state index contributed by atoms with van der Waals surface area (Å²) in [6, 6.07) is 13.9. The van der Waals surface area contributed by atoms with E-state index in [4.69, 9.17) is 4.74 Å². The van der Waals surface area contributed by atoms with Crippen molar-refractivity contribution in [2.75, 3.05) is 0 Å². The quantitative estimate of drug-likeness (QED) is 0.339. The van der Waals surface area contributed by atoms with Crippen LogP contribution < -0.4 is 10.6 Å². The first-order valence-electron chi connectivity index (χ1n) is 13.6. The molecule has 0 aliphatic rings. The van der Waals surface area contributed by atoms with Crippen molar-refractivity contribution >= 4 is 17.9 Å². The van der Waals surface area contributed by atoms with Crippen molar-refractivity contribution in [2.24, 2.45) is 5.92 Å². The standard InChI is InChI=1S/C31H45N3O5/c1-9-31(7,8)34(28(37)25(19-21(2)3)33-29(38)39-30(4,5)6)26(23-15-17-24(35)18-16-23)27(36)32-20-22-13-11-10-12-14-22/h10-18,21,25-26,35H,9,19-20H2,1-8H3,(H,32,36)(H,33,38). The maximum absolute atomic E-state index is 14.4. The van der Waals surface area contributed by atoms with Crippen molar-refractivity contribution in [3.8, 4) is 5.75 Å². The molecule has 0 aromatic heterocycles. The van der Waals surface area contributed by atoms with Crippen LogP contribution in [0.1, 0.15) is 85.4 Å². The molecule has 0 heterocycles. The van der Waals surface area contributed by atoms with E-state index in [0.29, 0.717) is 18.4 Å². The van der Waals surface area contributed by atoms with Crippen molar-refractivity contribution < 1.29 is 24.2 Å². The third-order valence-electron chi connectivity index (χ3n) is 6.48. The number of carbonyl (C=O) groups excluding carboxylic acids is 3. The van der Waals surface area contributed by atoms with E-state index in [1.54, 1.807) is 37.8 Å². The highest BCUT2D eigenvalue weighted by atomic mass is 16.6. The number of hydrogen-bond acceptors (Lipinski definition) is 5. The molecule has 8 nitrogen and oxygen atoms in total. The Balaban J connectivity index is 2.55. The minimum absolute atomic E-state index is 0.0547. The highest BCUT2D eigenvalue weighted by Gasteiger charge is 2.43. The highest BCUT2D eigenvalue weighted by molar-refractivity contribution is 5.92. The molecular weight excluding hydrogens is 494 g/mol. The Kier molecular flexibility index (Phi) is 11.0. The Labute approximate surface area is 233 Å². The van der Waals surface area contributed by atoms with Gasteiger partial charge in [0, 0.05) is 12.1 Å². The molecule has 39 heavy (non-hydrogen) atoms. The van der Waals surface area contributed by atoms with Crippen molar-refractivity contribution in [3.05, 3.63) is 65.7 Å². The molecule has 0 radical (unpaired) electrons. The lowest BCUT2D eigenvalue weighted by atomic mass is 9.90. The van der Waals surface area contributed by atoms with Crippen LogP contribution in [0.2, 0.25) is 0 Å². The van der Waals surface area contributed by atoms with Crippen molar-refractivity contribution in [1.29, 1.82) is 0 Å². The average Bonchev–Trinajstić information content (AvgIpc) is 2.84. The molecule has 0 saturated carbocycles. The van der Waals surface area contributed by atoms with E-state index < -0.39 is 29.3 Å². The van der Waals surface area contributed by atoms with E-state index in [0.717, 1.165) is 5.56 Å². The lowest BCUT2D eigenvalue weighted by molar-refractivity contribution is -0.149. The maximum atomic E-state index is 14.4. The summed E-state index contributed by atoms with van der Waals surface area (Å²) in [6.07, 6.45) is 0.230. The molecule has 2 atom stereocenters. The number of nitrogens with one attached hydrogen (secondary N) is 2. The van der Waals surface area contributed by atoms with Gasteiger partial charge in [-0.05, 0) is 76.6 Å². The lowest BCUT2D eigenvalue weighted by Crippen LogP contribution is -2.59. The van der Waals surface area contributed by atoms with Crippen LogP contribution in [0.5, 0.6) is 5.75 Å². The summed E-state index contributed by atoms with van der Waals surface area (Å²) in [6.45, 7) is 15.3. The molecular formula is C31H45N3O5. The molecule has 0 spiro atoms. The summed E-state index contributed by atoms with van der Waals surface area (Å²) in [5.41, 5.74) is -0.0146. The molecule has 0 fully saturated rings. The Hall–Kier alpha value is -3.55. The number of hydrogen-bond donors (Lipinski definition) is 3. The second-order valence-electron chi connectivity index (χ2n) is 11.9. The number of carbonyl (C=O) groups is 3. The smallest absolute Gasteiger partial charge is 0.408 e. The summed E-state index contributed by atoms with van der Waals surface area (Å²) in [7, 11) is 0. The highest BCUT2D eigenvalue weighted by Crippen LogP contribution is 2.33. The third-order valence-corrected chi connectivity index (χ3v) is 6.48. The first kappa shape index (κ1) is 31.7. The largest absolute Gasteiger partial charge is 0.508 e. The average molecular weight is 540 g/mol. The summed E-state index contributed by atoms with van der Waals surface area (Å²) < 4.78 is 5.46. The minimum atomic E-state index is -1.01. The van der Waals surface area contributed by atoms with E-state index in [2.05, 4.69) is 10.6 Å². The number of nitrogens with zero attached hydrogens (tertiary/aromatic N) is 1. The van der Waals surface area contributed by atoms with E-state index in [-0.39, 0.29) is 30.0 Å². The van der Waals surface area contributed by atoms with Gasteiger partial charge in [0.2, 0.25) is 11.8 Å². The summed E-state index contributed by atoms with van der Waals surface area (Å²) in [5, 5.41) is 15.7. The maximum Gasteiger partial charge on any atom is 0.408 e. The van der Waals surface area contributed by atoms with Gasteiger partial charge in [-0.3, -0.25) is 9.59 Å². The fourth-order valence-corrected chi connectivity index (χ4v) is 4.21. The van der Waals surface area contributed by atoms with E-state index in [9.17, 15) is 19.5 Å². The van der Waals surface area contributed by atoms with Gasteiger partial charge in [-0.25, -0.2) is 4.79 Å². The molecule has 2 aromatic carbocycles. The van der Waals surface area contributed by atoms with Crippen LogP contribution in [0.3, 0.4) is 0 Å². The number of benzene rings is 2. The molecule has 0 saturated heterocycles. The zero-order valence-electron chi connectivity index (χ0n) is 24.6. The predicted octanol–water partition coefficient (Wildman–Crippen LogP) is 5.71. The Bertz CT molecular complexity index is 1090. The summed E-state index contributed by atoms with van der Waals surface area (Å²) in [4.78, 5) is 42.6. The molecule has 3 N–H and O–H groups in total. The minimum Gasteiger partial charge on any atom is -0.508 e. The Morgan fingerprint density at radius 2 is 1.54 bits per heavy atom. The molecule has 0 aliphatic carbocycles. The molecule has 2 rings (SSSR count). The number of alkyl carbamates (subject to hydrolysis) is 1. The fraction of sp³-hybridized carbons (Fsp3) is 0.516. The second-order valence-corrected chi connectivity index (χ2v) is 11.9. The normalized spacial score (nSPS) is 13.4. The first-order chi connectivity index (χ1) is 18.1. The van der Waals surface area contributed by atoms with Crippen molar-refractivity contribution in [1.82, 2.24) is 15.5 Å². The van der Waals surface area contributed by atoms with Gasteiger partial charge in [0.1, 0.15) is 23.4 Å². The monoisotopic (exact) mass is 539 g/mol. The number of aromatic hydroxyl groups is 1. The van der Waals surface area contributed by atoms with Gasteiger partial charge in [-0.1, -0.05) is 63.2 Å². The van der Waals surface area contributed by atoms with Crippen LogP contribution >= 0.6 is 0 Å². The number of phenolic OH excluding ortho intramolecular Hbond substituents is 1. The molecule has 2 unspecified atom stereocenters. The number of amides is 3. The zero-order valence-corrected chi connectivity index (χ0v) is 24.6. The lowest BCUT2D eigenvalue weighted by Gasteiger charge is -2.44. The van der Waals surface area contributed by atoms with E-state index in [1.807, 2.05) is 65.0 Å². The van der Waals surface area contributed by atoms with Crippen molar-refractivity contribution in [2.45, 2.75) is 98.0 Å². The molecule has 8 heteroatoms. The van der Waals surface area contributed by atoms with Crippen LogP contribution in [0.4, 0.5) is 4.79 Å². The van der Waals surface area contributed by atoms with Gasteiger partial charge in [-0.2, -0.15) is 0 Å². The SMILES string of the molecule is CCC(C)(C)N(C(=O)C(CC(C)C)NC(=O)OC(C)(C)C)C(C(=O)NCc1ccccc1)c1ccc(O)cc1. The van der Waals surface area contributed by atoms with Crippen LogP contribution in [0, 0.1) is 5.92 Å². The summed E-state index contributed by atoms with van der Waals surface area (Å²) >= 11 is 0. The van der Waals surface area contributed by atoms with Gasteiger partial charge in [0.15, 0.2) is 0 Å². The van der Waals surface area contributed by atoms with Gasteiger partial charge >= 0.3 is 6.09 Å². The van der Waals surface area contributed by atoms with E-state index in [1.165, 1.54) is 12.1 Å². The second kappa shape index (κ2) is 13.5. The van der Waals surface area contributed by atoms with Gasteiger partial charge in [0.05, 0.1) is 0 Å². The molecule has 3 amide bonds. The van der Waals surface area contributed by atoms with Crippen molar-refractivity contribution in [3.63, 3.8) is 0 Å². The Morgan fingerprint density at radius 3 is 2.05 bits per heavy atom. The van der Waals surface area contributed by atoms with Gasteiger partial charge in [-0.15, -0.1) is 0 Å². The topological polar surface area (TPSA) is 108 Å². The summed E-state index contributed by atoms with van der Waals surface area (Å²) in [5.74, 6) is -0.604. The molecule has 2 aromatic rings. The fourth-order valence-electron chi connectivity index (χ4n) is 4.21. The third kappa shape index (κ3) is 9.61. The zero-order chi connectivity index (χ0) is 29.4. The Morgan fingerprint density at radius 1 is 0.949 bits per heavy atom. The van der Waals surface area contributed by atoms with Crippen LogP contribution in [0.25, 0.3) is 0 Å². The predicted molar refractivity (Wildman–Crippen MR) is 153 cm³/mol. The number of phenols is 1. The number of rotatable bonds is 11. The number of ether oxygens (including phenoxy) is 1.